The SMILES string of the molecule is O=C(COC(=O)c1sccc1S(=O)(=O)NC1CC1)c1ccc2[nH]c(=O)[nH]c2c1. The number of hydrogen-bond acceptors (Lipinski definition) is 7. The third kappa shape index (κ3) is 3.77. The van der Waals surface area contributed by atoms with E-state index in [1.54, 1.807) is 6.07 Å². The molecule has 0 aliphatic heterocycles. The van der Waals surface area contributed by atoms with Crippen LogP contribution in [0.1, 0.15) is 32.9 Å². The third-order valence-electron chi connectivity index (χ3n) is 4.18. The van der Waals surface area contributed by atoms with E-state index in [1.165, 1.54) is 23.6 Å². The van der Waals surface area contributed by atoms with Gasteiger partial charge in [-0.2, -0.15) is 0 Å². The zero-order chi connectivity index (χ0) is 19.9. The van der Waals surface area contributed by atoms with Gasteiger partial charge in [-0.3, -0.25) is 4.79 Å². The Labute approximate surface area is 162 Å². The summed E-state index contributed by atoms with van der Waals surface area (Å²) in [6.07, 6.45) is 1.54. The predicted octanol–water partition coefficient (Wildman–Crippen LogP) is 1.40. The van der Waals surface area contributed by atoms with Crippen LogP contribution in [-0.4, -0.2) is 42.8 Å². The first kappa shape index (κ1) is 18.6. The molecule has 0 spiro atoms. The van der Waals surface area contributed by atoms with Crippen LogP contribution in [-0.2, 0) is 14.8 Å². The molecule has 4 rings (SSSR count). The minimum atomic E-state index is -3.80. The largest absolute Gasteiger partial charge is 0.453 e. The Kier molecular flexibility index (Phi) is 4.65. The molecule has 2 heterocycles. The summed E-state index contributed by atoms with van der Waals surface area (Å²) in [7, 11) is -3.80. The van der Waals surface area contributed by atoms with Crippen LogP contribution in [0.2, 0.25) is 0 Å². The fraction of sp³-hybridized carbons (Fsp3) is 0.235. The van der Waals surface area contributed by atoms with Crippen molar-refractivity contribution in [1.82, 2.24) is 14.7 Å². The number of rotatable bonds is 7. The molecule has 0 radical (unpaired) electrons. The van der Waals surface area contributed by atoms with Gasteiger partial charge in [-0.05, 0) is 42.5 Å². The second kappa shape index (κ2) is 7.00. The van der Waals surface area contributed by atoms with Crippen molar-refractivity contribution < 1.29 is 22.7 Å². The van der Waals surface area contributed by atoms with E-state index in [1.807, 2.05) is 0 Å². The number of Topliss-reactive ketones (excluding diaryl/α,β-unsaturated/α-hetero) is 1. The fourth-order valence-corrected chi connectivity index (χ4v) is 5.24. The van der Waals surface area contributed by atoms with Crippen molar-refractivity contribution in [2.24, 2.45) is 0 Å². The monoisotopic (exact) mass is 421 g/mol. The standard InChI is InChI=1S/C17H15N3O6S2/c21-13(9-1-4-11-12(7-9)19-17(23)18-11)8-26-16(22)15-14(5-6-27-15)28(24,25)20-10-2-3-10/h1,4-7,10,20H,2-3,8H2,(H2,18,19,23). The van der Waals surface area contributed by atoms with Gasteiger partial charge in [0, 0.05) is 11.6 Å². The quantitative estimate of drug-likeness (QED) is 0.389. The summed E-state index contributed by atoms with van der Waals surface area (Å²) >= 11 is 0.935. The molecule has 3 N–H and O–H groups in total. The van der Waals surface area contributed by atoms with Crippen LogP contribution < -0.4 is 10.4 Å². The van der Waals surface area contributed by atoms with E-state index in [-0.39, 0.29) is 21.4 Å². The normalized spacial score (nSPS) is 14.3. The van der Waals surface area contributed by atoms with Gasteiger partial charge >= 0.3 is 11.7 Å². The molecule has 0 bridgehead atoms. The maximum atomic E-state index is 12.3. The average Bonchev–Trinajstić information content (AvgIpc) is 3.17. The third-order valence-corrected chi connectivity index (χ3v) is 6.76. The van der Waals surface area contributed by atoms with Gasteiger partial charge in [0.1, 0.15) is 9.77 Å². The second-order valence-corrected chi connectivity index (χ2v) is 8.95. The van der Waals surface area contributed by atoms with Gasteiger partial charge in [0.2, 0.25) is 10.0 Å². The molecule has 1 aliphatic rings. The van der Waals surface area contributed by atoms with Crippen LogP contribution in [0, 0.1) is 0 Å². The van der Waals surface area contributed by atoms with Gasteiger partial charge < -0.3 is 14.7 Å². The number of carbonyl (C=O) groups excluding carboxylic acids is 2. The van der Waals surface area contributed by atoms with Gasteiger partial charge in [0.05, 0.1) is 11.0 Å². The van der Waals surface area contributed by atoms with Crippen LogP contribution >= 0.6 is 11.3 Å². The summed E-state index contributed by atoms with van der Waals surface area (Å²) in [6, 6.07) is 5.79. The number of ketones is 1. The molecule has 146 valence electrons. The summed E-state index contributed by atoms with van der Waals surface area (Å²) < 4.78 is 32.2. The van der Waals surface area contributed by atoms with Gasteiger partial charge in [-0.1, -0.05) is 0 Å². The summed E-state index contributed by atoms with van der Waals surface area (Å²) in [4.78, 5) is 40.8. The molecule has 0 unspecified atom stereocenters. The number of carbonyl (C=O) groups is 2. The zero-order valence-electron chi connectivity index (χ0n) is 14.4. The van der Waals surface area contributed by atoms with Crippen LogP contribution in [0.4, 0.5) is 0 Å². The number of H-pyrrole nitrogens is 2. The Morgan fingerprint density at radius 2 is 1.93 bits per heavy atom. The second-order valence-electron chi connectivity index (χ2n) is 6.35. The number of thiophene rings is 1. The molecule has 0 amide bonds. The number of fused-ring (bicyclic) bond motifs is 1. The topological polar surface area (TPSA) is 138 Å². The number of benzene rings is 1. The molecule has 1 aromatic carbocycles. The number of esters is 1. The van der Waals surface area contributed by atoms with Crippen molar-refractivity contribution in [3.63, 3.8) is 0 Å². The molecule has 0 saturated heterocycles. The zero-order valence-corrected chi connectivity index (χ0v) is 16.0. The van der Waals surface area contributed by atoms with Crippen molar-refractivity contribution >= 4 is 44.1 Å². The predicted molar refractivity (Wildman–Crippen MR) is 101 cm³/mol. The fourth-order valence-electron chi connectivity index (χ4n) is 2.63. The lowest BCUT2D eigenvalue weighted by atomic mass is 10.1. The smallest absolute Gasteiger partial charge is 0.350 e. The van der Waals surface area contributed by atoms with E-state index in [0.29, 0.717) is 11.0 Å². The highest BCUT2D eigenvalue weighted by molar-refractivity contribution is 7.89. The Morgan fingerprint density at radius 1 is 1.18 bits per heavy atom. The Balaban J connectivity index is 1.46. The van der Waals surface area contributed by atoms with Crippen molar-refractivity contribution in [3.05, 3.63) is 50.6 Å². The molecular weight excluding hydrogens is 406 g/mol. The molecule has 11 heteroatoms. The molecule has 9 nitrogen and oxygen atoms in total. The van der Waals surface area contributed by atoms with Gasteiger partial charge in [0.15, 0.2) is 12.4 Å². The van der Waals surface area contributed by atoms with Crippen LogP contribution in [0.5, 0.6) is 0 Å². The van der Waals surface area contributed by atoms with Crippen molar-refractivity contribution in [1.29, 1.82) is 0 Å². The molecule has 0 atom stereocenters. The molecule has 2 aromatic heterocycles. The van der Waals surface area contributed by atoms with Gasteiger partial charge in [0.25, 0.3) is 0 Å². The summed E-state index contributed by atoms with van der Waals surface area (Å²) in [5.74, 6) is -1.36. The van der Waals surface area contributed by atoms with Crippen molar-refractivity contribution in [2.45, 2.75) is 23.8 Å². The van der Waals surface area contributed by atoms with E-state index in [2.05, 4.69) is 14.7 Å². The first-order valence-corrected chi connectivity index (χ1v) is 10.7. The summed E-state index contributed by atoms with van der Waals surface area (Å²) in [5.41, 5.74) is 0.873. The molecular formula is C17H15N3O6S2. The maximum Gasteiger partial charge on any atom is 0.350 e. The highest BCUT2D eigenvalue weighted by atomic mass is 32.2. The van der Waals surface area contributed by atoms with E-state index < -0.39 is 34.1 Å². The van der Waals surface area contributed by atoms with Gasteiger partial charge in [-0.15, -0.1) is 11.3 Å². The number of aromatic amines is 2. The summed E-state index contributed by atoms with van der Waals surface area (Å²) in [5, 5.41) is 1.48. The number of nitrogens with one attached hydrogen (secondary N) is 3. The van der Waals surface area contributed by atoms with E-state index in [0.717, 1.165) is 24.2 Å². The summed E-state index contributed by atoms with van der Waals surface area (Å²) in [6.45, 7) is -0.549. The van der Waals surface area contributed by atoms with E-state index in [4.69, 9.17) is 4.74 Å². The minimum absolute atomic E-state index is 0.0774. The molecule has 1 saturated carbocycles. The highest BCUT2D eigenvalue weighted by Gasteiger charge is 2.31. The van der Waals surface area contributed by atoms with Crippen LogP contribution in [0.25, 0.3) is 11.0 Å². The number of imidazole rings is 1. The average molecular weight is 421 g/mol. The Hall–Kier alpha value is -2.76. The van der Waals surface area contributed by atoms with Crippen molar-refractivity contribution in [2.75, 3.05) is 6.61 Å². The lowest BCUT2D eigenvalue weighted by molar-refractivity contribution is 0.0476. The number of sulfonamides is 1. The molecule has 1 fully saturated rings. The molecule has 28 heavy (non-hydrogen) atoms. The molecule has 1 aliphatic carbocycles. The minimum Gasteiger partial charge on any atom is -0.453 e. The lowest BCUT2D eigenvalue weighted by Gasteiger charge is -2.07. The first-order valence-electron chi connectivity index (χ1n) is 8.36. The van der Waals surface area contributed by atoms with E-state index in [9.17, 15) is 22.8 Å². The van der Waals surface area contributed by atoms with Crippen LogP contribution in [0.15, 0.2) is 39.3 Å². The number of ether oxygens (including phenoxy) is 1. The number of aromatic nitrogens is 2. The van der Waals surface area contributed by atoms with Crippen LogP contribution in [0.3, 0.4) is 0 Å². The maximum absolute atomic E-state index is 12.3. The Bertz CT molecular complexity index is 1230. The number of hydrogen-bond donors (Lipinski definition) is 3. The molecule has 3 aromatic rings. The van der Waals surface area contributed by atoms with Crippen molar-refractivity contribution in [3.8, 4) is 0 Å². The lowest BCUT2D eigenvalue weighted by Crippen LogP contribution is -2.27. The highest BCUT2D eigenvalue weighted by Crippen LogP contribution is 2.27. The first-order chi connectivity index (χ1) is 13.3. The van der Waals surface area contributed by atoms with Gasteiger partial charge in [-0.25, -0.2) is 22.7 Å². The Morgan fingerprint density at radius 3 is 2.68 bits per heavy atom. The van der Waals surface area contributed by atoms with E-state index >= 15 is 0 Å².